The summed E-state index contributed by atoms with van der Waals surface area (Å²) in [6, 6.07) is 18.0. The summed E-state index contributed by atoms with van der Waals surface area (Å²) in [5.74, 6) is 0.724. The molecule has 0 fully saturated rings. The average molecular weight is 436 g/mol. The molecule has 0 spiro atoms. The van der Waals surface area contributed by atoms with E-state index in [-0.39, 0.29) is 11.7 Å². The fraction of sp³-hybridized carbons (Fsp3) is 0.167. The molecule has 2 aromatic carbocycles. The lowest BCUT2D eigenvalue weighted by molar-refractivity contribution is 0.103. The fourth-order valence-corrected chi connectivity index (χ4v) is 3.93. The molecule has 31 heavy (non-hydrogen) atoms. The molecule has 0 saturated carbocycles. The van der Waals surface area contributed by atoms with Crippen LogP contribution in [0.2, 0.25) is 0 Å². The minimum Gasteiger partial charge on any atom is -0.489 e. The van der Waals surface area contributed by atoms with E-state index in [4.69, 9.17) is 4.74 Å². The maximum atomic E-state index is 13.9. The van der Waals surface area contributed by atoms with Gasteiger partial charge >= 0.3 is 0 Å². The number of nitrogens with zero attached hydrogens (tertiary/aromatic N) is 2. The summed E-state index contributed by atoms with van der Waals surface area (Å²) in [6.07, 6.45) is 0. The van der Waals surface area contributed by atoms with Crippen LogP contribution in [-0.4, -0.2) is 15.7 Å². The summed E-state index contributed by atoms with van der Waals surface area (Å²) in [4.78, 5) is 13.2. The topological polar surface area (TPSA) is 56.1 Å². The molecule has 0 radical (unpaired) electrons. The maximum Gasteiger partial charge on any atom is 0.266 e. The van der Waals surface area contributed by atoms with E-state index >= 15 is 0 Å². The number of nitrogens with one attached hydrogen (secondary N) is 1. The monoisotopic (exact) mass is 435 g/mol. The van der Waals surface area contributed by atoms with Gasteiger partial charge in [-0.1, -0.05) is 30.3 Å². The van der Waals surface area contributed by atoms with Gasteiger partial charge in [-0.3, -0.25) is 9.48 Å². The summed E-state index contributed by atoms with van der Waals surface area (Å²) in [5.41, 5.74) is 3.44. The molecular weight excluding hydrogens is 413 g/mol. The highest BCUT2D eigenvalue weighted by molar-refractivity contribution is 7.12. The Hall–Kier alpha value is -3.45. The van der Waals surface area contributed by atoms with Crippen molar-refractivity contribution >= 4 is 23.1 Å². The minimum absolute atomic E-state index is 0.234. The van der Waals surface area contributed by atoms with Crippen molar-refractivity contribution in [2.24, 2.45) is 0 Å². The van der Waals surface area contributed by atoms with Gasteiger partial charge in [0.15, 0.2) is 5.82 Å². The third-order valence-corrected chi connectivity index (χ3v) is 5.75. The molecule has 2 aromatic heterocycles. The lowest BCUT2D eigenvalue weighted by Crippen LogP contribution is -2.12. The molecule has 0 aliphatic carbocycles. The zero-order valence-electron chi connectivity index (χ0n) is 17.3. The second-order valence-electron chi connectivity index (χ2n) is 7.30. The second-order valence-corrected chi connectivity index (χ2v) is 8.21. The quantitative estimate of drug-likeness (QED) is 0.412. The summed E-state index contributed by atoms with van der Waals surface area (Å²) in [7, 11) is 0. The lowest BCUT2D eigenvalue weighted by Gasteiger charge is -2.05. The van der Waals surface area contributed by atoms with E-state index in [1.54, 1.807) is 28.9 Å². The first kappa shape index (κ1) is 20.8. The van der Waals surface area contributed by atoms with E-state index in [0.29, 0.717) is 29.4 Å². The molecule has 7 heteroatoms. The first-order chi connectivity index (χ1) is 15.0. The van der Waals surface area contributed by atoms with E-state index in [9.17, 15) is 9.18 Å². The van der Waals surface area contributed by atoms with Crippen LogP contribution in [0.4, 0.5) is 10.2 Å². The first-order valence-corrected chi connectivity index (χ1v) is 10.7. The van der Waals surface area contributed by atoms with Crippen molar-refractivity contribution in [1.82, 2.24) is 9.78 Å². The number of halogens is 1. The zero-order valence-corrected chi connectivity index (χ0v) is 18.1. The summed E-state index contributed by atoms with van der Waals surface area (Å²) < 4.78 is 21.4. The first-order valence-electron chi connectivity index (χ1n) is 9.84. The van der Waals surface area contributed by atoms with Gasteiger partial charge in [0.05, 0.1) is 11.4 Å². The Kier molecular flexibility index (Phi) is 6.13. The average Bonchev–Trinajstić information content (AvgIpc) is 3.35. The van der Waals surface area contributed by atoms with E-state index in [1.165, 1.54) is 17.4 Å². The fourth-order valence-electron chi connectivity index (χ4n) is 3.14. The molecule has 0 saturated heterocycles. The van der Waals surface area contributed by atoms with Crippen LogP contribution in [0.1, 0.15) is 32.1 Å². The van der Waals surface area contributed by atoms with E-state index in [1.807, 2.05) is 49.6 Å². The molecule has 5 nitrogen and oxygen atoms in total. The number of anilines is 1. The third kappa shape index (κ3) is 5.19. The van der Waals surface area contributed by atoms with Gasteiger partial charge in [0, 0.05) is 22.9 Å². The molecule has 0 bridgehead atoms. The molecule has 0 atom stereocenters. The maximum absolute atomic E-state index is 13.9. The second kappa shape index (κ2) is 9.14. The van der Waals surface area contributed by atoms with Crippen molar-refractivity contribution in [3.63, 3.8) is 0 Å². The molecular formula is C24H22FN3O2S. The summed E-state index contributed by atoms with van der Waals surface area (Å²) in [5, 5.41) is 9.13. The van der Waals surface area contributed by atoms with Crippen molar-refractivity contribution < 1.29 is 13.9 Å². The van der Waals surface area contributed by atoms with Crippen LogP contribution in [0.25, 0.3) is 0 Å². The van der Waals surface area contributed by atoms with Gasteiger partial charge in [-0.15, -0.1) is 11.3 Å². The highest BCUT2D eigenvalue weighted by Gasteiger charge is 2.13. The summed E-state index contributed by atoms with van der Waals surface area (Å²) >= 11 is 1.35. The molecule has 4 aromatic rings. The van der Waals surface area contributed by atoms with Gasteiger partial charge in [-0.05, 0) is 49.1 Å². The number of thiophene rings is 1. The molecule has 158 valence electrons. The van der Waals surface area contributed by atoms with Crippen LogP contribution < -0.4 is 10.1 Å². The number of carbonyl (C=O) groups excluding carboxylic acids is 1. The molecule has 0 unspecified atom stereocenters. The van der Waals surface area contributed by atoms with Crippen LogP contribution in [0.15, 0.2) is 66.0 Å². The zero-order chi connectivity index (χ0) is 21.8. The lowest BCUT2D eigenvalue weighted by atomic mass is 10.2. The Labute approximate surface area is 184 Å². The standard InChI is InChI=1S/C24H22FN3O2S/c1-16-6-5-8-20(10-16)30-14-18-12-22(31-15-18)24(29)26-23-11-17(2)28(27-23)13-19-7-3-4-9-21(19)25/h3-12,15H,13-14H2,1-2H3,(H,26,27,29). The number of hydrogen-bond acceptors (Lipinski definition) is 4. The Morgan fingerprint density at radius 2 is 1.97 bits per heavy atom. The van der Waals surface area contributed by atoms with Gasteiger partial charge in [0.25, 0.3) is 5.91 Å². The smallest absolute Gasteiger partial charge is 0.266 e. The van der Waals surface area contributed by atoms with E-state index in [0.717, 1.165) is 22.6 Å². The number of carbonyl (C=O) groups is 1. The predicted molar refractivity (Wildman–Crippen MR) is 120 cm³/mol. The van der Waals surface area contributed by atoms with Crippen molar-refractivity contribution in [3.05, 3.63) is 99.1 Å². The van der Waals surface area contributed by atoms with Crippen LogP contribution in [0.3, 0.4) is 0 Å². The predicted octanol–water partition coefficient (Wildman–Crippen LogP) is 5.58. The molecule has 4 rings (SSSR count). The number of aromatic nitrogens is 2. The van der Waals surface area contributed by atoms with Crippen LogP contribution in [0, 0.1) is 19.7 Å². The van der Waals surface area contributed by atoms with Gasteiger partial charge in [-0.2, -0.15) is 5.10 Å². The third-order valence-electron chi connectivity index (χ3n) is 4.77. The Morgan fingerprint density at radius 3 is 2.77 bits per heavy atom. The summed E-state index contributed by atoms with van der Waals surface area (Å²) in [6.45, 7) is 4.58. The van der Waals surface area contributed by atoms with Crippen molar-refractivity contribution in [1.29, 1.82) is 0 Å². The van der Waals surface area contributed by atoms with Gasteiger partial charge in [-0.25, -0.2) is 4.39 Å². The molecule has 1 N–H and O–H groups in total. The normalized spacial score (nSPS) is 10.8. The van der Waals surface area contributed by atoms with E-state index < -0.39 is 0 Å². The number of aryl methyl sites for hydroxylation is 2. The Balaban J connectivity index is 1.38. The van der Waals surface area contributed by atoms with Crippen LogP contribution >= 0.6 is 11.3 Å². The molecule has 0 aliphatic heterocycles. The van der Waals surface area contributed by atoms with Crippen LogP contribution in [0.5, 0.6) is 5.75 Å². The van der Waals surface area contributed by atoms with Crippen molar-refractivity contribution in [2.75, 3.05) is 5.32 Å². The SMILES string of the molecule is Cc1cccc(OCc2csc(C(=O)Nc3cc(C)n(Cc4ccccc4F)n3)c2)c1. The van der Waals surface area contributed by atoms with Crippen molar-refractivity contribution in [3.8, 4) is 5.75 Å². The van der Waals surface area contributed by atoms with Gasteiger partial charge in [0.2, 0.25) is 0 Å². The minimum atomic E-state index is -0.276. The van der Waals surface area contributed by atoms with Crippen molar-refractivity contribution in [2.45, 2.75) is 27.0 Å². The Bertz CT molecular complexity index is 1220. The number of rotatable bonds is 7. The molecule has 0 aliphatic rings. The number of benzene rings is 2. The highest BCUT2D eigenvalue weighted by atomic mass is 32.1. The largest absolute Gasteiger partial charge is 0.489 e. The number of hydrogen-bond donors (Lipinski definition) is 1. The highest BCUT2D eigenvalue weighted by Crippen LogP contribution is 2.20. The number of ether oxygens (including phenoxy) is 1. The number of amides is 1. The molecule has 2 heterocycles. The van der Waals surface area contributed by atoms with E-state index in [2.05, 4.69) is 10.4 Å². The van der Waals surface area contributed by atoms with Gasteiger partial charge in [0.1, 0.15) is 18.2 Å². The molecule has 1 amide bonds. The van der Waals surface area contributed by atoms with Crippen LogP contribution in [-0.2, 0) is 13.2 Å². The Morgan fingerprint density at radius 1 is 1.13 bits per heavy atom. The van der Waals surface area contributed by atoms with Gasteiger partial charge < -0.3 is 10.1 Å².